The van der Waals surface area contributed by atoms with E-state index in [-0.39, 0.29) is 12.4 Å². The molecule has 0 saturated heterocycles. The summed E-state index contributed by atoms with van der Waals surface area (Å²) >= 11 is 0. The lowest BCUT2D eigenvalue weighted by molar-refractivity contribution is 0.783. The van der Waals surface area contributed by atoms with Crippen LogP contribution in [0.4, 0.5) is 11.4 Å². The molecule has 0 spiro atoms. The van der Waals surface area contributed by atoms with Crippen LogP contribution in [0.2, 0.25) is 0 Å². The second kappa shape index (κ2) is 6.54. The van der Waals surface area contributed by atoms with E-state index < -0.39 is 0 Å². The van der Waals surface area contributed by atoms with Crippen molar-refractivity contribution in [2.24, 2.45) is 10.7 Å². The van der Waals surface area contributed by atoms with Crippen LogP contribution in [0.3, 0.4) is 0 Å². The molecule has 0 fully saturated rings. The predicted molar refractivity (Wildman–Crippen MR) is 125 cm³/mol. The third-order valence-corrected chi connectivity index (χ3v) is 5.60. The van der Waals surface area contributed by atoms with E-state index in [9.17, 15) is 0 Å². The molecule has 0 saturated carbocycles. The van der Waals surface area contributed by atoms with Crippen molar-refractivity contribution >= 4 is 63.4 Å². The molecule has 1 aliphatic heterocycles. The van der Waals surface area contributed by atoms with Crippen LogP contribution in [0.5, 0.6) is 0 Å². The van der Waals surface area contributed by atoms with E-state index in [0.717, 1.165) is 23.3 Å². The van der Waals surface area contributed by atoms with Gasteiger partial charge in [-0.2, -0.15) is 0 Å². The lowest BCUT2D eigenvalue weighted by Gasteiger charge is -2.21. The minimum Gasteiger partial charge on any atom is -0.368 e. The highest BCUT2D eigenvalue weighted by atomic mass is 35.5. The van der Waals surface area contributed by atoms with Gasteiger partial charge in [-0.05, 0) is 39.6 Å². The Kier molecular flexibility index (Phi) is 3.96. The largest absolute Gasteiger partial charge is 0.368 e. The third-order valence-electron chi connectivity index (χ3n) is 5.60. The number of hydrogen-bond acceptors (Lipinski definition) is 2. The molecule has 5 heteroatoms. The Morgan fingerprint density at radius 2 is 1.62 bits per heavy atom. The molecule has 0 bridgehead atoms. The van der Waals surface area contributed by atoms with Crippen molar-refractivity contribution in [1.82, 2.24) is 5.43 Å². The average Bonchev–Trinajstić information content (AvgIpc) is 3.29. The fraction of sp³-hybridized carbons (Fsp3) is 0.0417. The maximum Gasteiger partial charge on any atom is 0.213 e. The molecular formula is C24H19ClN4. The molecule has 0 aromatic heterocycles. The number of rotatable bonds is 2. The smallest absolute Gasteiger partial charge is 0.213 e. The highest BCUT2D eigenvalue weighted by Crippen LogP contribution is 2.37. The molecule has 0 unspecified atom stereocenters. The number of nitrogens with one attached hydrogen (secondary N) is 1. The maximum absolute atomic E-state index is 6.31. The summed E-state index contributed by atoms with van der Waals surface area (Å²) in [5.74, 6) is 0.386. The van der Waals surface area contributed by atoms with Gasteiger partial charge in [-0.3, -0.25) is 10.4 Å². The van der Waals surface area contributed by atoms with Crippen molar-refractivity contribution < 1.29 is 0 Å². The van der Waals surface area contributed by atoms with E-state index >= 15 is 0 Å². The number of nitrogens with zero attached hydrogens (tertiary/aromatic N) is 2. The lowest BCUT2D eigenvalue weighted by Crippen LogP contribution is -2.44. The Morgan fingerprint density at radius 3 is 2.48 bits per heavy atom. The first-order valence-corrected chi connectivity index (χ1v) is 9.41. The van der Waals surface area contributed by atoms with E-state index in [1.165, 1.54) is 32.8 Å². The monoisotopic (exact) mass is 398 g/mol. The van der Waals surface area contributed by atoms with Crippen LogP contribution in [0.15, 0.2) is 71.7 Å². The van der Waals surface area contributed by atoms with Crippen LogP contribution in [0, 0.1) is 0 Å². The topological polar surface area (TPSA) is 53.6 Å². The summed E-state index contributed by atoms with van der Waals surface area (Å²) in [6, 6.07) is 23.2. The van der Waals surface area contributed by atoms with Gasteiger partial charge in [-0.1, -0.05) is 66.7 Å². The Labute approximate surface area is 174 Å². The number of benzene rings is 4. The van der Waals surface area contributed by atoms with Crippen molar-refractivity contribution in [3.63, 3.8) is 0 Å². The first-order chi connectivity index (χ1) is 13.8. The summed E-state index contributed by atoms with van der Waals surface area (Å²) < 4.78 is 0. The van der Waals surface area contributed by atoms with Crippen LogP contribution in [0.25, 0.3) is 33.7 Å². The molecule has 2 aliphatic rings. The molecule has 0 radical (unpaired) electrons. The van der Waals surface area contributed by atoms with Gasteiger partial charge in [-0.25, -0.2) is 4.99 Å². The van der Waals surface area contributed by atoms with Gasteiger partial charge in [0.05, 0.1) is 17.9 Å². The van der Waals surface area contributed by atoms with Crippen molar-refractivity contribution in [2.75, 3.05) is 5.01 Å². The Hall–Kier alpha value is -3.50. The van der Waals surface area contributed by atoms with Crippen LogP contribution in [-0.2, 0) is 6.54 Å². The van der Waals surface area contributed by atoms with Gasteiger partial charge in [-0.15, -0.1) is 12.4 Å². The van der Waals surface area contributed by atoms with Gasteiger partial charge in [0.1, 0.15) is 0 Å². The molecule has 142 valence electrons. The van der Waals surface area contributed by atoms with Crippen molar-refractivity contribution in [3.8, 4) is 0 Å². The predicted octanol–water partition coefficient (Wildman–Crippen LogP) is 5.37. The lowest BCUT2D eigenvalue weighted by atomic mass is 10.0. The molecule has 4 nitrogen and oxygen atoms in total. The van der Waals surface area contributed by atoms with E-state index in [0.29, 0.717) is 5.96 Å². The molecule has 3 N–H and O–H groups in total. The summed E-state index contributed by atoms with van der Waals surface area (Å²) in [6.45, 7) is 0.765. The summed E-state index contributed by atoms with van der Waals surface area (Å²) in [6.07, 6.45) is 4.30. The zero-order chi connectivity index (χ0) is 18.7. The first kappa shape index (κ1) is 17.6. The molecular weight excluding hydrogens is 380 g/mol. The van der Waals surface area contributed by atoms with E-state index in [1.54, 1.807) is 0 Å². The van der Waals surface area contributed by atoms with Gasteiger partial charge in [0, 0.05) is 10.8 Å². The van der Waals surface area contributed by atoms with Gasteiger partial charge in [0.25, 0.3) is 0 Å². The molecule has 1 heterocycles. The van der Waals surface area contributed by atoms with Gasteiger partial charge >= 0.3 is 0 Å². The van der Waals surface area contributed by atoms with E-state index in [1.807, 2.05) is 6.07 Å². The van der Waals surface area contributed by atoms with Crippen LogP contribution < -0.4 is 16.2 Å². The minimum absolute atomic E-state index is 0. The normalized spacial score (nSPS) is 13.9. The molecule has 29 heavy (non-hydrogen) atoms. The van der Waals surface area contributed by atoms with E-state index in [4.69, 9.17) is 10.7 Å². The molecule has 6 rings (SSSR count). The van der Waals surface area contributed by atoms with Crippen LogP contribution >= 0.6 is 12.4 Å². The van der Waals surface area contributed by atoms with Gasteiger partial charge in [0.15, 0.2) is 0 Å². The number of hydrazine groups is 1. The third kappa shape index (κ3) is 2.64. The second-order valence-corrected chi connectivity index (χ2v) is 7.26. The highest BCUT2D eigenvalue weighted by molar-refractivity contribution is 6.09. The molecule has 4 aromatic carbocycles. The second-order valence-electron chi connectivity index (χ2n) is 7.26. The quantitative estimate of drug-likeness (QED) is 0.310. The number of hydrogen-bond donors (Lipinski definition) is 2. The molecule has 4 aromatic rings. The van der Waals surface area contributed by atoms with Crippen molar-refractivity contribution in [3.05, 3.63) is 83.4 Å². The molecule has 1 aliphatic carbocycles. The highest BCUT2D eigenvalue weighted by Gasteiger charge is 2.21. The summed E-state index contributed by atoms with van der Waals surface area (Å²) in [5.41, 5.74) is 15.4. The van der Waals surface area contributed by atoms with Gasteiger partial charge in [0.2, 0.25) is 5.96 Å². The van der Waals surface area contributed by atoms with Crippen molar-refractivity contribution in [2.45, 2.75) is 6.54 Å². The van der Waals surface area contributed by atoms with Crippen LogP contribution in [-0.4, -0.2) is 5.96 Å². The fourth-order valence-electron chi connectivity index (χ4n) is 4.40. The molecule has 0 amide bonds. The Morgan fingerprint density at radius 1 is 0.862 bits per heavy atom. The SMILES string of the molecule is Cl.NC(=Nc1ccc2c3c(cccc13)C=C2)NN1Cc2cccc3cccc1c23. The number of nitrogens with two attached hydrogens (primary N) is 1. The van der Waals surface area contributed by atoms with Crippen molar-refractivity contribution in [1.29, 1.82) is 0 Å². The molecule has 0 atom stereocenters. The maximum atomic E-state index is 6.31. The number of aliphatic imine (C=N–C) groups is 1. The zero-order valence-electron chi connectivity index (χ0n) is 15.6. The summed E-state index contributed by atoms with van der Waals surface area (Å²) in [5, 5.41) is 6.96. The number of halogens is 1. The first-order valence-electron chi connectivity index (χ1n) is 9.41. The Bertz CT molecular complexity index is 1320. The standard InChI is InChI=1S/C24H18N4.ClH/c25-24(26-20-13-12-17-11-10-16-5-2-8-19(20)22(16)17)27-28-14-18-7-1-4-15-6-3-9-21(28)23(15)18;/h1-13H,14H2,(H3,25,26,27);1H. The van der Waals surface area contributed by atoms with Crippen LogP contribution in [0.1, 0.15) is 16.7 Å². The van der Waals surface area contributed by atoms with Gasteiger partial charge < -0.3 is 5.73 Å². The fourth-order valence-corrected chi connectivity index (χ4v) is 4.40. The minimum atomic E-state index is 0. The summed E-state index contributed by atoms with van der Waals surface area (Å²) in [4.78, 5) is 4.70. The van der Waals surface area contributed by atoms with E-state index in [2.05, 4.69) is 83.3 Å². The summed E-state index contributed by atoms with van der Waals surface area (Å²) in [7, 11) is 0. The number of anilines is 1. The number of guanidine groups is 1. The average molecular weight is 399 g/mol. The zero-order valence-corrected chi connectivity index (χ0v) is 16.4. The Balaban J connectivity index is 0.00000181.